The van der Waals surface area contributed by atoms with Crippen molar-refractivity contribution in [3.8, 4) is 11.3 Å². The highest BCUT2D eigenvalue weighted by molar-refractivity contribution is 6.30. The summed E-state index contributed by atoms with van der Waals surface area (Å²) in [6.45, 7) is 2.04. The van der Waals surface area contributed by atoms with Crippen LogP contribution in [0.5, 0.6) is 0 Å². The Morgan fingerprint density at radius 2 is 1.84 bits per heavy atom. The predicted octanol–water partition coefficient (Wildman–Crippen LogP) is 6.28. The minimum atomic E-state index is -0.496. The number of non-ortho nitro benzene ring substituents is 1. The Bertz CT molecular complexity index is 1300. The Labute approximate surface area is 183 Å². The Morgan fingerprint density at radius 3 is 2.55 bits per heavy atom. The maximum atomic E-state index is 13.2. The molecule has 0 bridgehead atoms. The molecule has 0 unspecified atom stereocenters. The maximum absolute atomic E-state index is 13.2. The smallest absolute Gasteiger partial charge is 0.271 e. The molecule has 4 aromatic rings. The van der Waals surface area contributed by atoms with Gasteiger partial charge in [0.2, 0.25) is 0 Å². The van der Waals surface area contributed by atoms with Crippen molar-refractivity contribution in [2.45, 2.75) is 13.3 Å². The van der Waals surface area contributed by atoms with Crippen LogP contribution in [0.15, 0.2) is 72.8 Å². The van der Waals surface area contributed by atoms with Crippen LogP contribution in [0.1, 0.15) is 22.8 Å². The van der Waals surface area contributed by atoms with Gasteiger partial charge in [0.1, 0.15) is 0 Å². The number of hydrogen-bond donors (Lipinski definition) is 1. The van der Waals surface area contributed by atoms with Crippen molar-refractivity contribution in [2.75, 3.05) is 5.32 Å². The lowest BCUT2D eigenvalue weighted by atomic mass is 10.0. The zero-order valence-corrected chi connectivity index (χ0v) is 17.4. The molecule has 1 amide bonds. The van der Waals surface area contributed by atoms with E-state index in [0.29, 0.717) is 27.5 Å². The highest BCUT2D eigenvalue weighted by Gasteiger charge is 2.16. The van der Waals surface area contributed by atoms with E-state index in [-0.39, 0.29) is 11.6 Å². The fourth-order valence-corrected chi connectivity index (χ4v) is 3.47. The van der Waals surface area contributed by atoms with E-state index < -0.39 is 4.92 Å². The Balaban J connectivity index is 1.81. The highest BCUT2D eigenvalue weighted by Crippen LogP contribution is 2.28. The van der Waals surface area contributed by atoms with Crippen molar-refractivity contribution in [1.29, 1.82) is 0 Å². The van der Waals surface area contributed by atoms with Crippen LogP contribution in [0, 0.1) is 10.1 Å². The third-order valence-corrected chi connectivity index (χ3v) is 5.23. The number of nitrogens with one attached hydrogen (secondary N) is 1. The van der Waals surface area contributed by atoms with Gasteiger partial charge in [0.25, 0.3) is 11.6 Å². The average molecular weight is 432 g/mol. The Kier molecular flexibility index (Phi) is 5.64. The first-order valence-corrected chi connectivity index (χ1v) is 10.1. The SMILES string of the molecule is CCc1ccc2nc(-c3ccc(Cl)cc3)cc(C(=O)Nc3cccc([N+](=O)[O-])c3)c2c1. The van der Waals surface area contributed by atoms with E-state index >= 15 is 0 Å². The number of nitro groups is 1. The summed E-state index contributed by atoms with van der Waals surface area (Å²) in [6, 6.07) is 20.7. The van der Waals surface area contributed by atoms with Gasteiger partial charge >= 0.3 is 0 Å². The molecule has 6 nitrogen and oxygen atoms in total. The van der Waals surface area contributed by atoms with Gasteiger partial charge in [0, 0.05) is 33.8 Å². The zero-order chi connectivity index (χ0) is 22.0. The second-order valence-corrected chi connectivity index (χ2v) is 7.47. The average Bonchev–Trinajstić information content (AvgIpc) is 2.78. The topological polar surface area (TPSA) is 85.1 Å². The molecule has 0 saturated heterocycles. The largest absolute Gasteiger partial charge is 0.322 e. The molecule has 0 atom stereocenters. The Hall–Kier alpha value is -3.77. The lowest BCUT2D eigenvalue weighted by Crippen LogP contribution is -2.13. The van der Waals surface area contributed by atoms with Crippen LogP contribution in [0.25, 0.3) is 22.2 Å². The molecule has 0 aliphatic carbocycles. The number of carbonyl (C=O) groups excluding carboxylic acids is 1. The van der Waals surface area contributed by atoms with Crippen LogP contribution in [0.3, 0.4) is 0 Å². The van der Waals surface area contributed by atoms with E-state index in [2.05, 4.69) is 5.32 Å². The van der Waals surface area contributed by atoms with E-state index in [4.69, 9.17) is 16.6 Å². The van der Waals surface area contributed by atoms with Gasteiger partial charge < -0.3 is 5.32 Å². The first kappa shape index (κ1) is 20.5. The van der Waals surface area contributed by atoms with Gasteiger partial charge in [-0.2, -0.15) is 0 Å². The van der Waals surface area contributed by atoms with Gasteiger partial charge in [0.05, 0.1) is 21.7 Å². The molecule has 31 heavy (non-hydrogen) atoms. The number of benzene rings is 3. The fraction of sp³-hybridized carbons (Fsp3) is 0.0833. The number of halogens is 1. The van der Waals surface area contributed by atoms with Gasteiger partial charge in [-0.1, -0.05) is 42.8 Å². The van der Waals surface area contributed by atoms with Crippen molar-refractivity contribution in [3.63, 3.8) is 0 Å². The number of carbonyl (C=O) groups is 1. The third kappa shape index (κ3) is 4.39. The second-order valence-electron chi connectivity index (χ2n) is 7.03. The predicted molar refractivity (Wildman–Crippen MR) is 123 cm³/mol. The molecule has 0 radical (unpaired) electrons. The van der Waals surface area contributed by atoms with Crippen molar-refractivity contribution >= 4 is 39.8 Å². The second kappa shape index (κ2) is 8.53. The van der Waals surface area contributed by atoms with Gasteiger partial charge in [-0.15, -0.1) is 0 Å². The first-order valence-electron chi connectivity index (χ1n) is 9.70. The monoisotopic (exact) mass is 431 g/mol. The number of rotatable bonds is 5. The number of pyridine rings is 1. The van der Waals surface area contributed by atoms with Crippen LogP contribution in [0.4, 0.5) is 11.4 Å². The summed E-state index contributed by atoms with van der Waals surface area (Å²) in [5.74, 6) is -0.364. The normalized spacial score (nSPS) is 10.8. The molecule has 1 aromatic heterocycles. The molecule has 0 aliphatic rings. The van der Waals surface area contributed by atoms with E-state index in [0.717, 1.165) is 22.9 Å². The minimum absolute atomic E-state index is 0.0903. The van der Waals surface area contributed by atoms with Crippen molar-refractivity contribution in [1.82, 2.24) is 4.98 Å². The van der Waals surface area contributed by atoms with Gasteiger partial charge in [-0.05, 0) is 48.4 Å². The number of fused-ring (bicyclic) bond motifs is 1. The van der Waals surface area contributed by atoms with Crippen LogP contribution in [-0.2, 0) is 6.42 Å². The number of aryl methyl sites for hydroxylation is 1. The van der Waals surface area contributed by atoms with Crippen molar-refractivity contribution in [2.24, 2.45) is 0 Å². The molecule has 0 fully saturated rings. The highest BCUT2D eigenvalue weighted by atomic mass is 35.5. The maximum Gasteiger partial charge on any atom is 0.271 e. The molecule has 0 aliphatic heterocycles. The summed E-state index contributed by atoms with van der Waals surface area (Å²) in [6.07, 6.45) is 0.820. The number of aromatic nitrogens is 1. The quantitative estimate of drug-likeness (QED) is 0.297. The Morgan fingerprint density at radius 1 is 1.06 bits per heavy atom. The summed E-state index contributed by atoms with van der Waals surface area (Å²) in [7, 11) is 0. The summed E-state index contributed by atoms with van der Waals surface area (Å²) in [5.41, 5.74) is 3.94. The number of hydrogen-bond acceptors (Lipinski definition) is 4. The van der Waals surface area contributed by atoms with Gasteiger partial charge in [0.15, 0.2) is 0 Å². The van der Waals surface area contributed by atoms with Crippen molar-refractivity contribution in [3.05, 3.63) is 99.1 Å². The molecule has 1 N–H and O–H groups in total. The lowest BCUT2D eigenvalue weighted by Gasteiger charge is -2.12. The number of amides is 1. The molecule has 0 saturated carbocycles. The minimum Gasteiger partial charge on any atom is -0.322 e. The first-order chi connectivity index (χ1) is 14.9. The molecule has 154 valence electrons. The number of anilines is 1. The summed E-state index contributed by atoms with van der Waals surface area (Å²) in [4.78, 5) is 28.5. The lowest BCUT2D eigenvalue weighted by molar-refractivity contribution is -0.384. The van der Waals surface area contributed by atoms with Crippen LogP contribution in [-0.4, -0.2) is 15.8 Å². The van der Waals surface area contributed by atoms with Crippen molar-refractivity contribution < 1.29 is 9.72 Å². The van der Waals surface area contributed by atoms with E-state index in [1.54, 1.807) is 24.3 Å². The van der Waals surface area contributed by atoms with E-state index in [9.17, 15) is 14.9 Å². The van der Waals surface area contributed by atoms with E-state index in [1.807, 2.05) is 37.3 Å². The van der Waals surface area contributed by atoms with Crippen LogP contribution >= 0.6 is 11.6 Å². The molecular formula is C24H18ClN3O3. The summed E-state index contributed by atoms with van der Waals surface area (Å²) in [5, 5.41) is 15.2. The number of nitro benzene ring substituents is 1. The fourth-order valence-electron chi connectivity index (χ4n) is 3.34. The standard InChI is InChI=1S/C24H18ClN3O3/c1-2-15-6-11-22-20(12-15)21(14-23(27-22)16-7-9-17(25)10-8-16)24(29)26-18-4-3-5-19(13-18)28(30)31/h3-14H,2H2,1H3,(H,26,29). The molecule has 1 heterocycles. The van der Waals surface area contributed by atoms with Gasteiger partial charge in [-0.25, -0.2) is 4.98 Å². The molecule has 7 heteroatoms. The zero-order valence-electron chi connectivity index (χ0n) is 16.6. The summed E-state index contributed by atoms with van der Waals surface area (Å²) >= 11 is 6.00. The van der Waals surface area contributed by atoms with Crippen LogP contribution < -0.4 is 5.32 Å². The third-order valence-electron chi connectivity index (χ3n) is 4.98. The summed E-state index contributed by atoms with van der Waals surface area (Å²) < 4.78 is 0. The molecule has 0 spiro atoms. The van der Waals surface area contributed by atoms with Crippen LogP contribution in [0.2, 0.25) is 5.02 Å². The number of nitrogens with zero attached hydrogens (tertiary/aromatic N) is 2. The van der Waals surface area contributed by atoms with E-state index in [1.165, 1.54) is 18.2 Å². The van der Waals surface area contributed by atoms with Gasteiger partial charge in [-0.3, -0.25) is 14.9 Å². The molecule has 4 rings (SSSR count). The molecule has 3 aromatic carbocycles. The molecular weight excluding hydrogens is 414 g/mol.